The molecule has 0 aliphatic rings. The van der Waals surface area contributed by atoms with Crippen LogP contribution in [0.15, 0.2) is 24.3 Å². The van der Waals surface area contributed by atoms with E-state index in [0.29, 0.717) is 11.4 Å². The first kappa shape index (κ1) is 11.0. The second-order valence-corrected chi connectivity index (χ2v) is 2.23. The van der Waals surface area contributed by atoms with Crippen molar-refractivity contribution in [3.63, 3.8) is 0 Å². The summed E-state index contributed by atoms with van der Waals surface area (Å²) in [5.74, 6) is 0. The molecule has 5 N–H and O–H groups in total. The number of nitrogen functional groups attached to an aromatic ring is 2. The molecule has 0 amide bonds. The van der Waals surface area contributed by atoms with E-state index in [1.54, 1.807) is 12.1 Å². The number of hydrogen-bond acceptors (Lipinski definition) is 5. The SMILES string of the molecule is Nc1ccccc1N.[O-][Cl+2]([O-])O. The van der Waals surface area contributed by atoms with E-state index in [1.807, 2.05) is 12.1 Å². The molecule has 0 bridgehead atoms. The molecule has 6 heteroatoms. The van der Waals surface area contributed by atoms with Crippen LogP contribution in [0.4, 0.5) is 11.4 Å². The van der Waals surface area contributed by atoms with E-state index in [9.17, 15) is 0 Å². The lowest BCUT2D eigenvalue weighted by Crippen LogP contribution is -2.30. The Morgan fingerprint density at radius 3 is 1.50 bits per heavy atom. The van der Waals surface area contributed by atoms with Crippen LogP contribution in [0.5, 0.6) is 0 Å². The van der Waals surface area contributed by atoms with Crippen LogP contribution in [-0.2, 0) is 0 Å². The average molecular weight is 193 g/mol. The average Bonchev–Trinajstić information content (AvgIpc) is 1.94. The zero-order valence-electron chi connectivity index (χ0n) is 6.11. The third-order valence-corrected chi connectivity index (χ3v) is 0.996. The minimum atomic E-state index is -2.60. The topological polar surface area (TPSA) is 118 Å². The molecule has 0 saturated heterocycles. The van der Waals surface area contributed by atoms with Gasteiger partial charge in [-0.25, -0.2) is 0 Å². The van der Waals surface area contributed by atoms with Gasteiger partial charge in [0, 0.05) is 4.66 Å². The number of nitrogens with two attached hydrogens (primary N) is 2. The van der Waals surface area contributed by atoms with Crippen molar-refractivity contribution in [2.75, 3.05) is 11.5 Å². The van der Waals surface area contributed by atoms with Gasteiger partial charge < -0.3 is 20.8 Å². The zero-order valence-corrected chi connectivity index (χ0v) is 6.86. The molecule has 68 valence electrons. The molecule has 1 aromatic carbocycles. The van der Waals surface area contributed by atoms with Crippen LogP contribution in [0.2, 0.25) is 0 Å². The van der Waals surface area contributed by atoms with Crippen molar-refractivity contribution in [2.24, 2.45) is 0 Å². The molecule has 0 saturated carbocycles. The summed E-state index contributed by atoms with van der Waals surface area (Å²) in [6.07, 6.45) is 0. The molecule has 0 aromatic heterocycles. The Bertz CT molecular complexity index is 208. The fourth-order valence-electron chi connectivity index (χ4n) is 0.511. The molecule has 0 unspecified atom stereocenters. The standard InChI is InChI=1S/C6H8N2.ClHO3/c7-5-3-1-2-4-6(5)8;2-1(3)4/h1-4H,7-8H2;2H. The van der Waals surface area contributed by atoms with E-state index in [1.165, 1.54) is 0 Å². The number of anilines is 2. The highest BCUT2D eigenvalue weighted by Crippen LogP contribution is 2.10. The molecule has 0 heterocycles. The number of benzene rings is 1. The summed E-state index contributed by atoms with van der Waals surface area (Å²) in [6.45, 7) is 0. The Labute approximate surface area is 72.6 Å². The highest BCUT2D eigenvalue weighted by molar-refractivity contribution is 5.62. The summed E-state index contributed by atoms with van der Waals surface area (Å²) < 4.78 is 24.0. The highest BCUT2D eigenvalue weighted by atomic mass is 35.6. The van der Waals surface area contributed by atoms with E-state index >= 15 is 0 Å². The summed E-state index contributed by atoms with van der Waals surface area (Å²) in [5, 5.41) is 0. The second-order valence-electron chi connectivity index (χ2n) is 1.83. The van der Waals surface area contributed by atoms with Crippen molar-refractivity contribution in [3.05, 3.63) is 24.3 Å². The van der Waals surface area contributed by atoms with E-state index in [0.717, 1.165) is 0 Å². The van der Waals surface area contributed by atoms with Crippen LogP contribution in [0.25, 0.3) is 0 Å². The fraction of sp³-hybridized carbons (Fsp3) is 0. The Morgan fingerprint density at radius 1 is 1.08 bits per heavy atom. The Morgan fingerprint density at radius 2 is 1.33 bits per heavy atom. The van der Waals surface area contributed by atoms with Gasteiger partial charge in [0.1, 0.15) is 0 Å². The predicted octanol–water partition coefficient (Wildman–Crippen LogP) is -2.08. The van der Waals surface area contributed by atoms with Crippen molar-refractivity contribution >= 4 is 11.4 Å². The minimum Gasteiger partial charge on any atom is -0.397 e. The van der Waals surface area contributed by atoms with E-state index in [4.69, 9.17) is 25.4 Å². The summed E-state index contributed by atoms with van der Waals surface area (Å²) in [5.41, 5.74) is 12.1. The molecular formula is C6H9ClN2O3. The van der Waals surface area contributed by atoms with Crippen LogP contribution in [-0.4, -0.2) is 4.66 Å². The van der Waals surface area contributed by atoms with Gasteiger partial charge in [0.05, 0.1) is 11.4 Å². The predicted molar refractivity (Wildman–Crippen MR) is 37.5 cm³/mol. The normalized spacial score (nSPS) is 9.00. The third-order valence-electron chi connectivity index (χ3n) is 0.996. The van der Waals surface area contributed by atoms with Crippen LogP contribution < -0.4 is 20.8 Å². The maximum absolute atomic E-state index is 8.52. The Balaban J connectivity index is 0.000000261. The molecule has 5 nitrogen and oxygen atoms in total. The molecule has 0 aliphatic heterocycles. The van der Waals surface area contributed by atoms with Gasteiger partial charge in [0.15, 0.2) is 0 Å². The molecule has 0 radical (unpaired) electrons. The van der Waals surface area contributed by atoms with E-state index in [2.05, 4.69) is 0 Å². The zero-order chi connectivity index (χ0) is 9.56. The minimum absolute atomic E-state index is 0.646. The maximum Gasteiger partial charge on any atom is 0.282 e. The first-order chi connectivity index (χ1) is 5.54. The molecule has 0 fully saturated rings. The van der Waals surface area contributed by atoms with E-state index < -0.39 is 10.8 Å². The Kier molecular flexibility index (Phi) is 5.14. The lowest BCUT2D eigenvalue weighted by Gasteiger charge is -1.94. The molecule has 0 atom stereocenters. The molecule has 1 aromatic rings. The van der Waals surface area contributed by atoms with E-state index in [-0.39, 0.29) is 0 Å². The largest absolute Gasteiger partial charge is 0.397 e. The van der Waals surface area contributed by atoms with Crippen LogP contribution in [0.3, 0.4) is 0 Å². The second kappa shape index (κ2) is 5.62. The van der Waals surface area contributed by atoms with Crippen molar-refractivity contribution in [2.45, 2.75) is 0 Å². The van der Waals surface area contributed by atoms with Gasteiger partial charge in [-0.3, -0.25) is 0 Å². The quantitative estimate of drug-likeness (QED) is 0.408. The van der Waals surface area contributed by atoms with Gasteiger partial charge in [-0.1, -0.05) is 12.1 Å². The van der Waals surface area contributed by atoms with Crippen LogP contribution in [0.1, 0.15) is 0 Å². The van der Waals surface area contributed by atoms with Crippen molar-refractivity contribution in [3.8, 4) is 0 Å². The van der Waals surface area contributed by atoms with Crippen LogP contribution >= 0.6 is 0 Å². The number of para-hydroxylation sites is 2. The third kappa shape index (κ3) is 5.75. The molecular weight excluding hydrogens is 184 g/mol. The van der Waals surface area contributed by atoms with Gasteiger partial charge in [0.2, 0.25) is 0 Å². The summed E-state index contributed by atoms with van der Waals surface area (Å²) >= 11 is 0. The first-order valence-corrected chi connectivity index (χ1v) is 3.84. The van der Waals surface area contributed by atoms with Crippen molar-refractivity contribution < 1.29 is 24.8 Å². The number of halogens is 1. The smallest absolute Gasteiger partial charge is 0.282 e. The first-order valence-electron chi connectivity index (χ1n) is 2.88. The van der Waals surface area contributed by atoms with Gasteiger partial charge in [0.25, 0.3) is 10.8 Å². The van der Waals surface area contributed by atoms with Gasteiger partial charge in [-0.15, -0.1) is 0 Å². The monoisotopic (exact) mass is 192 g/mol. The lowest BCUT2D eigenvalue weighted by molar-refractivity contribution is -1.63. The summed E-state index contributed by atoms with van der Waals surface area (Å²) in [7, 11) is -2.60. The van der Waals surface area contributed by atoms with Crippen molar-refractivity contribution in [1.82, 2.24) is 0 Å². The Hall–Kier alpha value is -1.01. The summed E-state index contributed by atoms with van der Waals surface area (Å²) in [4.78, 5) is 0. The number of rotatable bonds is 0. The van der Waals surface area contributed by atoms with Crippen molar-refractivity contribution in [1.29, 1.82) is 0 Å². The van der Waals surface area contributed by atoms with Crippen LogP contribution in [0, 0.1) is 10.8 Å². The highest BCUT2D eigenvalue weighted by Gasteiger charge is 1.85. The van der Waals surface area contributed by atoms with Gasteiger partial charge in [-0.2, -0.15) is 0 Å². The molecule has 0 aliphatic carbocycles. The number of hydrogen-bond donors (Lipinski definition) is 3. The maximum atomic E-state index is 8.52. The lowest BCUT2D eigenvalue weighted by atomic mass is 10.3. The van der Waals surface area contributed by atoms with Gasteiger partial charge in [-0.05, 0) is 12.1 Å². The molecule has 12 heavy (non-hydrogen) atoms. The van der Waals surface area contributed by atoms with Gasteiger partial charge >= 0.3 is 0 Å². The molecule has 0 spiro atoms. The summed E-state index contributed by atoms with van der Waals surface area (Å²) in [6, 6.07) is 7.25. The fourth-order valence-corrected chi connectivity index (χ4v) is 0.511. The molecule has 1 rings (SSSR count).